The highest BCUT2D eigenvalue weighted by molar-refractivity contribution is 4.78. The van der Waals surface area contributed by atoms with E-state index in [0.29, 0.717) is 31.2 Å². The van der Waals surface area contributed by atoms with E-state index in [-0.39, 0.29) is 6.10 Å². The van der Waals surface area contributed by atoms with Gasteiger partial charge in [0.25, 0.3) is 0 Å². The molecule has 0 bridgehead atoms. The van der Waals surface area contributed by atoms with Crippen LogP contribution in [0.15, 0.2) is 0 Å². The zero-order valence-electron chi connectivity index (χ0n) is 14.0. The van der Waals surface area contributed by atoms with Crippen molar-refractivity contribution < 1.29 is 9.84 Å². The van der Waals surface area contributed by atoms with Crippen LogP contribution in [0, 0.1) is 11.8 Å². The van der Waals surface area contributed by atoms with Crippen LogP contribution in [0.4, 0.5) is 0 Å². The summed E-state index contributed by atoms with van der Waals surface area (Å²) in [7, 11) is 0. The number of rotatable bonds is 7. The molecule has 3 nitrogen and oxygen atoms in total. The summed E-state index contributed by atoms with van der Waals surface area (Å²) in [5.74, 6) is 1.59. The smallest absolute Gasteiger partial charge is 0.0897 e. The van der Waals surface area contributed by atoms with Gasteiger partial charge in [-0.05, 0) is 50.4 Å². The quantitative estimate of drug-likeness (QED) is 0.755. The van der Waals surface area contributed by atoms with Crippen molar-refractivity contribution in [2.75, 3.05) is 13.2 Å². The van der Waals surface area contributed by atoms with Gasteiger partial charge < -0.3 is 15.2 Å². The molecule has 0 aliphatic heterocycles. The van der Waals surface area contributed by atoms with E-state index in [1.54, 1.807) is 0 Å². The molecule has 21 heavy (non-hydrogen) atoms. The highest BCUT2D eigenvalue weighted by atomic mass is 16.5. The molecule has 2 saturated carbocycles. The second-order valence-electron chi connectivity index (χ2n) is 7.34. The number of aliphatic hydroxyl groups excluding tert-OH is 1. The average molecular weight is 297 g/mol. The van der Waals surface area contributed by atoms with Gasteiger partial charge in [-0.25, -0.2) is 0 Å². The highest BCUT2D eigenvalue weighted by Gasteiger charge is 2.25. The van der Waals surface area contributed by atoms with Crippen LogP contribution >= 0.6 is 0 Å². The molecule has 0 radical (unpaired) electrons. The molecule has 2 fully saturated rings. The molecule has 0 amide bonds. The minimum Gasteiger partial charge on any atom is -0.389 e. The Hall–Kier alpha value is -0.120. The molecule has 0 saturated heterocycles. The minimum absolute atomic E-state index is 0.358. The lowest BCUT2D eigenvalue weighted by atomic mass is 9.85. The van der Waals surface area contributed by atoms with E-state index in [9.17, 15) is 5.11 Å². The fourth-order valence-electron chi connectivity index (χ4n) is 3.92. The second kappa shape index (κ2) is 9.12. The van der Waals surface area contributed by atoms with Gasteiger partial charge in [-0.1, -0.05) is 33.1 Å². The Morgan fingerprint density at radius 2 is 1.81 bits per heavy atom. The van der Waals surface area contributed by atoms with Crippen molar-refractivity contribution in [1.82, 2.24) is 5.32 Å². The van der Waals surface area contributed by atoms with E-state index in [0.717, 1.165) is 5.92 Å². The lowest BCUT2D eigenvalue weighted by Gasteiger charge is -2.32. The molecule has 0 aromatic carbocycles. The van der Waals surface area contributed by atoms with Gasteiger partial charge in [0.1, 0.15) is 0 Å². The fourth-order valence-corrected chi connectivity index (χ4v) is 3.92. The maximum Gasteiger partial charge on any atom is 0.0897 e. The van der Waals surface area contributed by atoms with Crippen molar-refractivity contribution in [3.8, 4) is 0 Å². The van der Waals surface area contributed by atoms with Crippen molar-refractivity contribution in [2.45, 2.75) is 89.9 Å². The first-order valence-corrected chi connectivity index (χ1v) is 9.22. The number of hydrogen-bond acceptors (Lipinski definition) is 3. The van der Waals surface area contributed by atoms with Crippen LogP contribution in [0.3, 0.4) is 0 Å². The summed E-state index contributed by atoms with van der Waals surface area (Å²) in [6, 6.07) is 0.605. The summed E-state index contributed by atoms with van der Waals surface area (Å²) >= 11 is 0. The standard InChI is InChI=1S/C18H35NO2/c1-3-15-6-4-5-7-18(15)21-13-17(20)12-19-16-10-8-14(2)9-11-16/h14-20H,3-13H2,1-2H3. The summed E-state index contributed by atoms with van der Waals surface area (Å²) in [6.45, 7) is 5.78. The Morgan fingerprint density at radius 1 is 1.10 bits per heavy atom. The maximum absolute atomic E-state index is 10.1. The zero-order chi connectivity index (χ0) is 15.1. The second-order valence-corrected chi connectivity index (χ2v) is 7.34. The molecule has 0 aromatic rings. The molecule has 2 N–H and O–H groups in total. The lowest BCUT2D eigenvalue weighted by molar-refractivity contribution is -0.0505. The SMILES string of the molecule is CCC1CCCCC1OCC(O)CNC1CCC(C)CC1. The minimum atomic E-state index is -0.358. The van der Waals surface area contributed by atoms with Gasteiger partial charge in [0.15, 0.2) is 0 Å². The van der Waals surface area contributed by atoms with E-state index in [1.165, 1.54) is 57.8 Å². The zero-order valence-corrected chi connectivity index (χ0v) is 14.0. The monoisotopic (exact) mass is 297 g/mol. The molecule has 2 aliphatic rings. The van der Waals surface area contributed by atoms with Gasteiger partial charge in [-0.2, -0.15) is 0 Å². The fraction of sp³-hybridized carbons (Fsp3) is 1.00. The molecule has 3 heteroatoms. The van der Waals surface area contributed by atoms with E-state index >= 15 is 0 Å². The van der Waals surface area contributed by atoms with Crippen molar-refractivity contribution in [2.24, 2.45) is 11.8 Å². The van der Waals surface area contributed by atoms with E-state index < -0.39 is 0 Å². The molecule has 3 unspecified atom stereocenters. The van der Waals surface area contributed by atoms with Gasteiger partial charge in [-0.3, -0.25) is 0 Å². The molecule has 2 aliphatic carbocycles. The molecule has 0 aromatic heterocycles. The Kier molecular flexibility index (Phi) is 7.48. The first kappa shape index (κ1) is 17.2. The van der Waals surface area contributed by atoms with Gasteiger partial charge >= 0.3 is 0 Å². The predicted octanol–water partition coefficient (Wildman–Crippen LogP) is 3.50. The summed E-state index contributed by atoms with van der Waals surface area (Å²) in [5, 5.41) is 13.7. The lowest BCUT2D eigenvalue weighted by Crippen LogP contribution is -2.40. The van der Waals surface area contributed by atoms with E-state index in [1.807, 2.05) is 0 Å². The average Bonchev–Trinajstić information content (AvgIpc) is 2.52. The third-order valence-corrected chi connectivity index (χ3v) is 5.52. The van der Waals surface area contributed by atoms with E-state index in [2.05, 4.69) is 19.2 Å². The number of nitrogens with one attached hydrogen (secondary N) is 1. The molecule has 3 atom stereocenters. The Balaban J connectivity index is 1.59. The predicted molar refractivity (Wildman–Crippen MR) is 87.4 cm³/mol. The van der Waals surface area contributed by atoms with Gasteiger partial charge in [-0.15, -0.1) is 0 Å². The van der Waals surface area contributed by atoms with Crippen LogP contribution in [-0.2, 0) is 4.74 Å². The first-order valence-electron chi connectivity index (χ1n) is 9.22. The third-order valence-electron chi connectivity index (χ3n) is 5.52. The van der Waals surface area contributed by atoms with Crippen LogP contribution in [0.25, 0.3) is 0 Å². The van der Waals surface area contributed by atoms with Crippen molar-refractivity contribution in [3.05, 3.63) is 0 Å². The maximum atomic E-state index is 10.1. The Labute approximate surface area is 130 Å². The number of aliphatic hydroxyl groups is 1. The topological polar surface area (TPSA) is 41.5 Å². The molecule has 0 heterocycles. The summed E-state index contributed by atoms with van der Waals surface area (Å²) in [6.07, 6.45) is 11.5. The molecule has 2 rings (SSSR count). The molecular formula is C18H35NO2. The summed E-state index contributed by atoms with van der Waals surface area (Å²) in [5.41, 5.74) is 0. The van der Waals surface area contributed by atoms with Gasteiger partial charge in [0.2, 0.25) is 0 Å². The first-order chi connectivity index (χ1) is 10.2. The molecule has 124 valence electrons. The van der Waals surface area contributed by atoms with Gasteiger partial charge in [0, 0.05) is 12.6 Å². The van der Waals surface area contributed by atoms with Crippen LogP contribution in [0.2, 0.25) is 0 Å². The van der Waals surface area contributed by atoms with Gasteiger partial charge in [0.05, 0.1) is 18.8 Å². The van der Waals surface area contributed by atoms with Crippen LogP contribution in [-0.4, -0.2) is 36.5 Å². The highest BCUT2D eigenvalue weighted by Crippen LogP contribution is 2.29. The third kappa shape index (κ3) is 5.88. The van der Waals surface area contributed by atoms with Crippen molar-refractivity contribution in [3.63, 3.8) is 0 Å². The Bertz CT molecular complexity index is 276. The van der Waals surface area contributed by atoms with Crippen LogP contribution < -0.4 is 5.32 Å². The largest absolute Gasteiger partial charge is 0.389 e. The normalized spacial score (nSPS) is 35.6. The molecule has 0 spiro atoms. The Morgan fingerprint density at radius 3 is 2.52 bits per heavy atom. The summed E-state index contributed by atoms with van der Waals surface area (Å²) < 4.78 is 6.02. The van der Waals surface area contributed by atoms with Crippen LogP contribution in [0.5, 0.6) is 0 Å². The molecular weight excluding hydrogens is 262 g/mol. The number of ether oxygens (including phenoxy) is 1. The number of hydrogen-bond donors (Lipinski definition) is 2. The van der Waals surface area contributed by atoms with E-state index in [4.69, 9.17) is 4.74 Å². The van der Waals surface area contributed by atoms with Crippen LogP contribution in [0.1, 0.15) is 71.6 Å². The van der Waals surface area contributed by atoms with Crippen molar-refractivity contribution >= 4 is 0 Å². The van der Waals surface area contributed by atoms with Crippen molar-refractivity contribution in [1.29, 1.82) is 0 Å². The summed E-state index contributed by atoms with van der Waals surface area (Å²) in [4.78, 5) is 0.